The van der Waals surface area contributed by atoms with Crippen LogP contribution in [0, 0.1) is 27.7 Å². The van der Waals surface area contributed by atoms with Crippen molar-refractivity contribution in [2.24, 2.45) is 0 Å². The SMILES string of the molecule is Cc1cc(C(C)(C)c2cc(C)c(OCC(O)CN3CCN(C)CC3)c(C)c2)cc(C)c1OCC(O)CN1CCN(C)CC1. The zero-order valence-corrected chi connectivity index (χ0v) is 27.9. The minimum absolute atomic E-state index is 0.232. The number of hydrogen-bond acceptors (Lipinski definition) is 8. The minimum Gasteiger partial charge on any atom is -0.490 e. The second kappa shape index (κ2) is 14.7. The van der Waals surface area contributed by atoms with Gasteiger partial charge in [-0.25, -0.2) is 0 Å². The molecule has 0 radical (unpaired) electrons. The topological polar surface area (TPSA) is 71.9 Å². The summed E-state index contributed by atoms with van der Waals surface area (Å²) in [6.07, 6.45) is -1.03. The molecule has 2 aromatic rings. The van der Waals surface area contributed by atoms with Gasteiger partial charge in [0.25, 0.3) is 0 Å². The predicted octanol–water partition coefficient (Wildman–Crippen LogP) is 3.22. The molecule has 0 spiro atoms. The van der Waals surface area contributed by atoms with Gasteiger partial charge in [0.2, 0.25) is 0 Å². The third-order valence-corrected chi connectivity index (χ3v) is 9.33. The molecular formula is C35H56N4O4. The molecule has 0 aromatic heterocycles. The van der Waals surface area contributed by atoms with Gasteiger partial charge in [0, 0.05) is 70.9 Å². The van der Waals surface area contributed by atoms with E-state index in [1.807, 2.05) is 0 Å². The lowest BCUT2D eigenvalue weighted by atomic mass is 9.76. The quantitative estimate of drug-likeness (QED) is 0.387. The molecule has 0 bridgehead atoms. The first-order valence-corrected chi connectivity index (χ1v) is 16.0. The van der Waals surface area contributed by atoms with E-state index in [2.05, 4.69) is 99.5 Å². The number of likely N-dealkylation sites (N-methyl/N-ethyl adjacent to an activating group) is 2. The molecule has 8 heteroatoms. The molecular weight excluding hydrogens is 540 g/mol. The van der Waals surface area contributed by atoms with E-state index in [1.54, 1.807) is 0 Å². The largest absolute Gasteiger partial charge is 0.490 e. The van der Waals surface area contributed by atoms with Crippen LogP contribution in [-0.4, -0.2) is 135 Å². The standard InChI is InChI=1S/C35H56N4O4/c1-25-17-29(18-26(2)33(25)42-23-31(40)21-38-13-9-36(7)10-14-38)35(5,6)30-19-27(3)34(28(4)20-30)43-24-32(41)22-39-15-11-37(8)12-16-39/h17-20,31-32,40-41H,9-16,21-24H2,1-8H3. The predicted molar refractivity (Wildman–Crippen MR) is 175 cm³/mol. The van der Waals surface area contributed by atoms with Crippen molar-refractivity contribution in [2.45, 2.75) is 59.2 Å². The number of hydrogen-bond donors (Lipinski definition) is 2. The van der Waals surface area contributed by atoms with Gasteiger partial charge in [-0.2, -0.15) is 0 Å². The van der Waals surface area contributed by atoms with Crippen LogP contribution < -0.4 is 9.47 Å². The van der Waals surface area contributed by atoms with E-state index in [0.29, 0.717) is 26.3 Å². The van der Waals surface area contributed by atoms with E-state index in [1.165, 1.54) is 11.1 Å². The average Bonchev–Trinajstić information content (AvgIpc) is 2.94. The van der Waals surface area contributed by atoms with Gasteiger partial charge >= 0.3 is 0 Å². The van der Waals surface area contributed by atoms with E-state index in [-0.39, 0.29) is 5.41 Å². The van der Waals surface area contributed by atoms with Gasteiger partial charge in [-0.15, -0.1) is 0 Å². The van der Waals surface area contributed by atoms with Crippen LogP contribution in [0.2, 0.25) is 0 Å². The fraction of sp³-hybridized carbons (Fsp3) is 0.657. The van der Waals surface area contributed by atoms with Crippen LogP contribution in [0.25, 0.3) is 0 Å². The molecule has 2 aliphatic rings. The van der Waals surface area contributed by atoms with Gasteiger partial charge < -0.3 is 29.5 Å². The zero-order chi connectivity index (χ0) is 31.3. The van der Waals surface area contributed by atoms with Crippen molar-refractivity contribution in [1.82, 2.24) is 19.6 Å². The van der Waals surface area contributed by atoms with Gasteiger partial charge in [0.15, 0.2) is 0 Å². The number of aliphatic hydroxyl groups excluding tert-OH is 2. The molecule has 8 nitrogen and oxygen atoms in total. The summed E-state index contributed by atoms with van der Waals surface area (Å²) in [6, 6.07) is 8.88. The summed E-state index contributed by atoms with van der Waals surface area (Å²) in [7, 11) is 4.28. The highest BCUT2D eigenvalue weighted by molar-refractivity contribution is 5.52. The average molecular weight is 597 g/mol. The third kappa shape index (κ3) is 8.93. The summed E-state index contributed by atoms with van der Waals surface area (Å²) in [4.78, 5) is 9.28. The zero-order valence-electron chi connectivity index (χ0n) is 27.9. The van der Waals surface area contributed by atoms with Crippen molar-refractivity contribution in [2.75, 3.05) is 92.8 Å². The second-order valence-electron chi connectivity index (χ2n) is 13.6. The van der Waals surface area contributed by atoms with Crippen LogP contribution in [0.15, 0.2) is 24.3 Å². The van der Waals surface area contributed by atoms with E-state index in [4.69, 9.17) is 9.47 Å². The van der Waals surface area contributed by atoms with Crippen LogP contribution in [0.4, 0.5) is 0 Å². The van der Waals surface area contributed by atoms with E-state index >= 15 is 0 Å². The molecule has 2 aromatic carbocycles. The first-order chi connectivity index (χ1) is 20.3. The maximum Gasteiger partial charge on any atom is 0.125 e. The molecule has 2 fully saturated rings. The van der Waals surface area contributed by atoms with Crippen LogP contribution in [0.3, 0.4) is 0 Å². The fourth-order valence-electron chi connectivity index (χ4n) is 6.37. The molecule has 43 heavy (non-hydrogen) atoms. The Bertz CT molecular complexity index is 1060. The molecule has 2 saturated heterocycles. The molecule has 2 N–H and O–H groups in total. The van der Waals surface area contributed by atoms with Gasteiger partial charge in [0.05, 0.1) is 0 Å². The van der Waals surface area contributed by atoms with Gasteiger partial charge in [-0.05, 0) is 75.2 Å². The Labute approximate surface area is 260 Å². The smallest absolute Gasteiger partial charge is 0.125 e. The van der Waals surface area contributed by atoms with Gasteiger partial charge in [-0.3, -0.25) is 9.80 Å². The molecule has 0 amide bonds. The second-order valence-corrected chi connectivity index (χ2v) is 13.6. The molecule has 2 heterocycles. The summed E-state index contributed by atoms with van der Waals surface area (Å²) in [5.74, 6) is 1.73. The highest BCUT2D eigenvalue weighted by atomic mass is 16.5. The van der Waals surface area contributed by atoms with Crippen molar-refractivity contribution < 1.29 is 19.7 Å². The number of rotatable bonds is 12. The van der Waals surface area contributed by atoms with Crippen molar-refractivity contribution in [3.8, 4) is 11.5 Å². The Kier molecular flexibility index (Phi) is 11.5. The van der Waals surface area contributed by atoms with E-state index in [0.717, 1.165) is 86.1 Å². The van der Waals surface area contributed by atoms with Crippen LogP contribution in [0.5, 0.6) is 11.5 Å². The maximum absolute atomic E-state index is 10.7. The molecule has 0 aliphatic carbocycles. The maximum atomic E-state index is 10.7. The minimum atomic E-state index is -0.516. The van der Waals surface area contributed by atoms with Gasteiger partial charge in [0.1, 0.15) is 36.9 Å². The Morgan fingerprint density at radius 1 is 0.605 bits per heavy atom. The van der Waals surface area contributed by atoms with Crippen molar-refractivity contribution in [1.29, 1.82) is 0 Å². The number of piperazine rings is 2. The van der Waals surface area contributed by atoms with Crippen LogP contribution in [0.1, 0.15) is 47.2 Å². The molecule has 2 atom stereocenters. The first kappa shape index (κ1) is 33.7. The first-order valence-electron chi connectivity index (χ1n) is 16.0. The summed E-state index contributed by atoms with van der Waals surface area (Å²) in [5, 5.41) is 21.3. The summed E-state index contributed by atoms with van der Waals surface area (Å²) < 4.78 is 12.4. The number of β-amino-alcohol motifs (C(OH)–C–C–N with tert-alkyl or cyclic N) is 2. The number of benzene rings is 2. The van der Waals surface area contributed by atoms with Crippen LogP contribution >= 0.6 is 0 Å². The lowest BCUT2D eigenvalue weighted by Crippen LogP contribution is -2.47. The third-order valence-electron chi connectivity index (χ3n) is 9.33. The normalized spacial score (nSPS) is 19.4. The van der Waals surface area contributed by atoms with Crippen molar-refractivity contribution in [3.63, 3.8) is 0 Å². The number of nitrogens with zero attached hydrogens (tertiary/aromatic N) is 4. The Morgan fingerprint density at radius 3 is 1.21 bits per heavy atom. The number of ether oxygens (including phenoxy) is 2. The van der Waals surface area contributed by atoms with Crippen LogP contribution in [-0.2, 0) is 5.41 Å². The Balaban J connectivity index is 1.38. The molecule has 0 saturated carbocycles. The van der Waals surface area contributed by atoms with E-state index in [9.17, 15) is 10.2 Å². The summed E-state index contributed by atoms with van der Waals surface area (Å²) >= 11 is 0. The Morgan fingerprint density at radius 2 is 0.907 bits per heavy atom. The van der Waals surface area contributed by atoms with Crippen molar-refractivity contribution in [3.05, 3.63) is 57.6 Å². The number of aliphatic hydroxyl groups is 2. The van der Waals surface area contributed by atoms with Gasteiger partial charge in [-0.1, -0.05) is 38.1 Å². The molecule has 2 unspecified atom stereocenters. The lowest BCUT2D eigenvalue weighted by Gasteiger charge is -2.33. The molecule has 240 valence electrons. The highest BCUT2D eigenvalue weighted by Gasteiger charge is 2.27. The Hall–Kier alpha value is -2.20. The van der Waals surface area contributed by atoms with Crippen molar-refractivity contribution >= 4 is 0 Å². The van der Waals surface area contributed by atoms with E-state index < -0.39 is 12.2 Å². The fourth-order valence-corrected chi connectivity index (χ4v) is 6.37. The monoisotopic (exact) mass is 596 g/mol. The summed E-state index contributed by atoms with van der Waals surface area (Å²) in [6.45, 7) is 22.9. The molecule has 4 rings (SSSR count). The summed E-state index contributed by atoms with van der Waals surface area (Å²) in [5.41, 5.74) is 6.54. The lowest BCUT2D eigenvalue weighted by molar-refractivity contribution is 0.0501. The highest BCUT2D eigenvalue weighted by Crippen LogP contribution is 2.38. The molecule has 2 aliphatic heterocycles. The number of aryl methyl sites for hydroxylation is 4.